The largest absolute Gasteiger partial charge is 0.299 e. The molecule has 0 aromatic heterocycles. The summed E-state index contributed by atoms with van der Waals surface area (Å²) < 4.78 is 0. The highest BCUT2D eigenvalue weighted by Crippen LogP contribution is 2.54. The molecule has 2 saturated carbocycles. The van der Waals surface area contributed by atoms with E-state index in [1.807, 2.05) is 30.3 Å². The van der Waals surface area contributed by atoms with Crippen molar-refractivity contribution in [2.75, 3.05) is 0 Å². The molecule has 0 N–H and O–H groups in total. The lowest BCUT2D eigenvalue weighted by molar-refractivity contribution is -0.122. The second-order valence-corrected chi connectivity index (χ2v) is 5.05. The molecule has 1 nitrogen and oxygen atoms in total. The van der Waals surface area contributed by atoms with Gasteiger partial charge in [0, 0.05) is 12.3 Å². The number of carbonyl (C=O) groups excluding carboxylic acids is 1. The first-order valence-corrected chi connectivity index (χ1v) is 5.89. The Bertz CT molecular complexity index is 358. The lowest BCUT2D eigenvalue weighted by atomic mass is 9.94. The van der Waals surface area contributed by atoms with Crippen LogP contribution in [0.25, 0.3) is 0 Å². The van der Waals surface area contributed by atoms with Crippen molar-refractivity contribution in [3.05, 3.63) is 35.9 Å². The average Bonchev–Trinajstić information content (AvgIpc) is 2.87. The van der Waals surface area contributed by atoms with Crippen LogP contribution < -0.4 is 0 Å². The monoisotopic (exact) mass is 200 g/mol. The Labute approximate surface area is 90.5 Å². The first-order valence-electron chi connectivity index (χ1n) is 5.89. The molecule has 0 bridgehead atoms. The van der Waals surface area contributed by atoms with Gasteiger partial charge in [0.15, 0.2) is 0 Å². The maximum Gasteiger partial charge on any atom is 0.140 e. The van der Waals surface area contributed by atoms with Crippen LogP contribution in [0.5, 0.6) is 0 Å². The van der Waals surface area contributed by atoms with Crippen molar-refractivity contribution in [2.24, 2.45) is 17.8 Å². The zero-order valence-electron chi connectivity index (χ0n) is 8.86. The highest BCUT2D eigenvalue weighted by atomic mass is 16.1. The van der Waals surface area contributed by atoms with Gasteiger partial charge in [-0.05, 0) is 36.7 Å². The lowest BCUT2D eigenvalue weighted by Crippen LogP contribution is -2.15. The Morgan fingerprint density at radius 1 is 1.07 bits per heavy atom. The summed E-state index contributed by atoms with van der Waals surface area (Å²) in [5, 5.41) is 0. The quantitative estimate of drug-likeness (QED) is 0.733. The summed E-state index contributed by atoms with van der Waals surface area (Å²) in [6.07, 6.45) is 4.40. The summed E-state index contributed by atoms with van der Waals surface area (Å²) in [5.74, 6) is 2.67. The van der Waals surface area contributed by atoms with Gasteiger partial charge in [-0.2, -0.15) is 0 Å². The van der Waals surface area contributed by atoms with Crippen molar-refractivity contribution in [1.29, 1.82) is 0 Å². The molecule has 0 aliphatic heterocycles. The number of carbonyl (C=O) groups is 1. The Balaban J connectivity index is 1.61. The molecule has 0 spiro atoms. The third kappa shape index (κ3) is 1.83. The van der Waals surface area contributed by atoms with E-state index in [1.54, 1.807) is 0 Å². The number of Topliss-reactive ketones (excluding diaryl/α,β-unsaturated/α-hetero) is 1. The van der Waals surface area contributed by atoms with Crippen LogP contribution in [0.1, 0.15) is 24.8 Å². The normalized spacial score (nSPS) is 32.4. The molecule has 1 aromatic carbocycles. The van der Waals surface area contributed by atoms with Crippen LogP contribution in [0.15, 0.2) is 30.3 Å². The van der Waals surface area contributed by atoms with Gasteiger partial charge < -0.3 is 0 Å². The van der Waals surface area contributed by atoms with E-state index < -0.39 is 0 Å². The highest BCUT2D eigenvalue weighted by molar-refractivity contribution is 5.83. The van der Waals surface area contributed by atoms with Crippen molar-refractivity contribution >= 4 is 5.78 Å². The van der Waals surface area contributed by atoms with Crippen molar-refractivity contribution in [3.8, 4) is 0 Å². The molecule has 0 radical (unpaired) electrons. The minimum Gasteiger partial charge on any atom is -0.299 e. The number of ketones is 1. The van der Waals surface area contributed by atoms with Crippen molar-refractivity contribution in [3.63, 3.8) is 0 Å². The molecule has 0 heterocycles. The van der Waals surface area contributed by atoms with Gasteiger partial charge in [-0.25, -0.2) is 0 Å². The summed E-state index contributed by atoms with van der Waals surface area (Å²) in [7, 11) is 0. The van der Waals surface area contributed by atoms with E-state index in [0.717, 1.165) is 11.8 Å². The fourth-order valence-corrected chi connectivity index (χ4v) is 2.92. The Morgan fingerprint density at radius 2 is 1.73 bits per heavy atom. The summed E-state index contributed by atoms with van der Waals surface area (Å²) in [6.45, 7) is 0. The van der Waals surface area contributed by atoms with Crippen LogP contribution >= 0.6 is 0 Å². The topological polar surface area (TPSA) is 17.1 Å². The van der Waals surface area contributed by atoms with Crippen molar-refractivity contribution in [2.45, 2.75) is 25.7 Å². The Morgan fingerprint density at radius 3 is 2.40 bits per heavy atom. The molecule has 2 fully saturated rings. The van der Waals surface area contributed by atoms with Crippen LogP contribution in [-0.2, 0) is 11.2 Å². The Kier molecular flexibility index (Phi) is 2.12. The molecule has 2 unspecified atom stereocenters. The maximum absolute atomic E-state index is 12.0. The van der Waals surface area contributed by atoms with Crippen LogP contribution in [-0.4, -0.2) is 5.78 Å². The van der Waals surface area contributed by atoms with Gasteiger partial charge in [0.25, 0.3) is 0 Å². The predicted molar refractivity (Wildman–Crippen MR) is 59.5 cm³/mol. The van der Waals surface area contributed by atoms with Gasteiger partial charge in [-0.15, -0.1) is 0 Å². The summed E-state index contributed by atoms with van der Waals surface area (Å²) in [6, 6.07) is 10.1. The second-order valence-electron chi connectivity index (χ2n) is 5.05. The molecule has 2 atom stereocenters. The van der Waals surface area contributed by atoms with Crippen LogP contribution in [0.3, 0.4) is 0 Å². The SMILES string of the molecule is O=C(Cc1ccccc1)C1CC2CC2C1. The predicted octanol–water partition coefficient (Wildman–Crippen LogP) is 2.84. The summed E-state index contributed by atoms with van der Waals surface area (Å²) in [5.41, 5.74) is 1.17. The van der Waals surface area contributed by atoms with Crippen molar-refractivity contribution in [1.82, 2.24) is 0 Å². The van der Waals surface area contributed by atoms with Crippen molar-refractivity contribution < 1.29 is 4.79 Å². The number of hydrogen-bond donors (Lipinski definition) is 0. The zero-order chi connectivity index (χ0) is 10.3. The fourth-order valence-electron chi connectivity index (χ4n) is 2.92. The number of rotatable bonds is 3. The Hall–Kier alpha value is -1.11. The van der Waals surface area contributed by atoms with Gasteiger partial charge in [0.1, 0.15) is 5.78 Å². The van der Waals surface area contributed by atoms with E-state index in [0.29, 0.717) is 18.1 Å². The van der Waals surface area contributed by atoms with Gasteiger partial charge in [0.05, 0.1) is 0 Å². The van der Waals surface area contributed by atoms with E-state index in [1.165, 1.54) is 24.8 Å². The average molecular weight is 200 g/mol. The molecule has 2 aliphatic carbocycles. The molecule has 0 saturated heterocycles. The molecule has 15 heavy (non-hydrogen) atoms. The minimum atomic E-state index is 0.383. The van der Waals surface area contributed by atoms with Crippen LogP contribution in [0.4, 0.5) is 0 Å². The number of hydrogen-bond acceptors (Lipinski definition) is 1. The highest BCUT2D eigenvalue weighted by Gasteiger charge is 2.47. The van der Waals surface area contributed by atoms with Gasteiger partial charge in [-0.3, -0.25) is 4.79 Å². The van der Waals surface area contributed by atoms with Gasteiger partial charge in [0.2, 0.25) is 0 Å². The third-order valence-corrected chi connectivity index (χ3v) is 3.92. The maximum atomic E-state index is 12.0. The van der Waals surface area contributed by atoms with E-state index in [4.69, 9.17) is 0 Å². The molecular formula is C14H16O. The van der Waals surface area contributed by atoms with E-state index >= 15 is 0 Å². The molecule has 2 aliphatic rings. The first kappa shape index (κ1) is 9.14. The smallest absolute Gasteiger partial charge is 0.140 e. The molecule has 1 aromatic rings. The van der Waals surface area contributed by atoms with E-state index in [-0.39, 0.29) is 0 Å². The summed E-state index contributed by atoms with van der Waals surface area (Å²) >= 11 is 0. The lowest BCUT2D eigenvalue weighted by Gasteiger charge is -2.09. The van der Waals surface area contributed by atoms with Crippen LogP contribution in [0, 0.1) is 17.8 Å². The van der Waals surface area contributed by atoms with Gasteiger partial charge in [-0.1, -0.05) is 30.3 Å². The summed E-state index contributed by atoms with van der Waals surface area (Å²) in [4.78, 5) is 12.0. The first-order chi connectivity index (χ1) is 7.33. The molecule has 0 amide bonds. The standard InChI is InChI=1S/C14H16O/c15-14(6-10-4-2-1-3-5-10)13-8-11-7-12(11)9-13/h1-5,11-13H,6-9H2. The molecule has 3 rings (SSSR count). The third-order valence-electron chi connectivity index (χ3n) is 3.92. The van der Waals surface area contributed by atoms with E-state index in [9.17, 15) is 4.79 Å². The molecular weight excluding hydrogens is 184 g/mol. The van der Waals surface area contributed by atoms with Gasteiger partial charge >= 0.3 is 0 Å². The fraction of sp³-hybridized carbons (Fsp3) is 0.500. The second kappa shape index (κ2) is 3.48. The number of benzene rings is 1. The minimum absolute atomic E-state index is 0.383. The molecule has 78 valence electrons. The molecule has 1 heteroatoms. The van der Waals surface area contributed by atoms with E-state index in [2.05, 4.69) is 0 Å². The zero-order valence-corrected chi connectivity index (χ0v) is 8.86. The number of fused-ring (bicyclic) bond motifs is 1. The van der Waals surface area contributed by atoms with Crippen LogP contribution in [0.2, 0.25) is 0 Å².